The zero-order chi connectivity index (χ0) is 12.2. The van der Waals surface area contributed by atoms with Gasteiger partial charge in [-0.3, -0.25) is 4.79 Å². The summed E-state index contributed by atoms with van der Waals surface area (Å²) >= 11 is 0. The first-order valence-electron chi connectivity index (χ1n) is 6.53. The van der Waals surface area contributed by atoms with Crippen LogP contribution < -0.4 is 11.1 Å². The highest BCUT2D eigenvalue weighted by molar-refractivity contribution is 5.83. The SMILES string of the molecule is CCCC1CCC(NC(C)(C)C(N)=O)CC1. The van der Waals surface area contributed by atoms with Crippen LogP contribution in [0.5, 0.6) is 0 Å². The normalized spacial score (nSPS) is 26.7. The average Bonchev–Trinajstić information content (AvgIpc) is 2.21. The molecule has 1 fully saturated rings. The summed E-state index contributed by atoms with van der Waals surface area (Å²) < 4.78 is 0. The molecule has 3 nitrogen and oxygen atoms in total. The fourth-order valence-corrected chi connectivity index (χ4v) is 2.59. The topological polar surface area (TPSA) is 55.1 Å². The molecule has 1 amide bonds. The van der Waals surface area contributed by atoms with Gasteiger partial charge in [0, 0.05) is 6.04 Å². The summed E-state index contributed by atoms with van der Waals surface area (Å²) in [6, 6.07) is 0.468. The van der Waals surface area contributed by atoms with E-state index < -0.39 is 5.54 Å². The van der Waals surface area contributed by atoms with Crippen molar-refractivity contribution in [2.24, 2.45) is 11.7 Å². The van der Waals surface area contributed by atoms with Crippen LogP contribution in [0.25, 0.3) is 0 Å². The highest BCUT2D eigenvalue weighted by atomic mass is 16.1. The van der Waals surface area contributed by atoms with Gasteiger partial charge in [-0.1, -0.05) is 19.8 Å². The smallest absolute Gasteiger partial charge is 0.237 e. The third-order valence-electron chi connectivity index (χ3n) is 3.72. The fourth-order valence-electron chi connectivity index (χ4n) is 2.59. The maximum absolute atomic E-state index is 11.2. The molecule has 0 aromatic heterocycles. The van der Waals surface area contributed by atoms with Crippen molar-refractivity contribution in [1.82, 2.24) is 5.32 Å². The van der Waals surface area contributed by atoms with Crippen molar-refractivity contribution in [2.45, 2.75) is 70.9 Å². The van der Waals surface area contributed by atoms with Crippen LogP contribution in [0.3, 0.4) is 0 Å². The minimum absolute atomic E-state index is 0.261. The molecule has 0 atom stereocenters. The summed E-state index contributed by atoms with van der Waals surface area (Å²) in [4.78, 5) is 11.2. The molecular weight excluding hydrogens is 200 g/mol. The molecule has 1 rings (SSSR count). The maximum atomic E-state index is 11.2. The molecule has 1 aliphatic rings. The molecule has 0 spiro atoms. The minimum Gasteiger partial charge on any atom is -0.368 e. The summed E-state index contributed by atoms with van der Waals surface area (Å²) in [5.74, 6) is 0.642. The lowest BCUT2D eigenvalue weighted by Crippen LogP contribution is -2.55. The summed E-state index contributed by atoms with van der Waals surface area (Å²) in [5.41, 5.74) is 4.79. The van der Waals surface area contributed by atoms with Crippen LogP contribution in [0.4, 0.5) is 0 Å². The van der Waals surface area contributed by atoms with Gasteiger partial charge in [-0.25, -0.2) is 0 Å². The van der Waals surface area contributed by atoms with E-state index in [0.717, 1.165) is 5.92 Å². The number of carbonyl (C=O) groups is 1. The quantitative estimate of drug-likeness (QED) is 0.755. The Morgan fingerprint density at radius 3 is 2.31 bits per heavy atom. The van der Waals surface area contributed by atoms with E-state index in [0.29, 0.717) is 6.04 Å². The number of amides is 1. The van der Waals surface area contributed by atoms with Crippen molar-refractivity contribution >= 4 is 5.91 Å². The van der Waals surface area contributed by atoms with E-state index in [1.165, 1.54) is 38.5 Å². The molecule has 0 aliphatic heterocycles. The predicted octanol–water partition coefficient (Wildman–Crippen LogP) is 2.20. The van der Waals surface area contributed by atoms with Crippen LogP contribution >= 0.6 is 0 Å². The van der Waals surface area contributed by atoms with Gasteiger partial charge in [0.05, 0.1) is 5.54 Å². The Kier molecular flexibility index (Phi) is 4.78. The first kappa shape index (κ1) is 13.5. The molecule has 94 valence electrons. The molecule has 0 heterocycles. The first-order chi connectivity index (χ1) is 7.45. The second-order valence-corrected chi connectivity index (χ2v) is 5.64. The van der Waals surface area contributed by atoms with E-state index in [1.807, 2.05) is 13.8 Å². The van der Waals surface area contributed by atoms with Gasteiger partial charge in [0.2, 0.25) is 5.91 Å². The molecule has 0 radical (unpaired) electrons. The van der Waals surface area contributed by atoms with Crippen LogP contribution in [0, 0.1) is 5.92 Å². The van der Waals surface area contributed by atoms with Gasteiger partial charge in [-0.15, -0.1) is 0 Å². The van der Waals surface area contributed by atoms with Gasteiger partial charge in [-0.05, 0) is 45.4 Å². The van der Waals surface area contributed by atoms with Gasteiger partial charge in [-0.2, -0.15) is 0 Å². The summed E-state index contributed by atoms with van der Waals surface area (Å²) in [6.07, 6.45) is 7.59. The van der Waals surface area contributed by atoms with Gasteiger partial charge in [0.25, 0.3) is 0 Å². The number of nitrogens with two attached hydrogens (primary N) is 1. The highest BCUT2D eigenvalue weighted by Gasteiger charge is 2.29. The fraction of sp³-hybridized carbons (Fsp3) is 0.923. The molecule has 3 N–H and O–H groups in total. The average molecular weight is 226 g/mol. The molecule has 1 aliphatic carbocycles. The Labute approximate surface area is 99.2 Å². The number of hydrogen-bond acceptors (Lipinski definition) is 2. The van der Waals surface area contributed by atoms with Crippen LogP contribution in [0.1, 0.15) is 59.3 Å². The van der Waals surface area contributed by atoms with E-state index in [9.17, 15) is 4.79 Å². The van der Waals surface area contributed by atoms with Gasteiger partial charge in [0.1, 0.15) is 0 Å². The largest absolute Gasteiger partial charge is 0.368 e. The number of hydrogen-bond donors (Lipinski definition) is 2. The number of rotatable bonds is 5. The number of nitrogens with one attached hydrogen (secondary N) is 1. The summed E-state index contributed by atoms with van der Waals surface area (Å²) in [5, 5.41) is 3.38. The Morgan fingerprint density at radius 2 is 1.88 bits per heavy atom. The molecule has 16 heavy (non-hydrogen) atoms. The molecule has 0 aromatic rings. The van der Waals surface area contributed by atoms with Crippen LogP contribution in [0.2, 0.25) is 0 Å². The molecule has 0 unspecified atom stereocenters. The van der Waals surface area contributed by atoms with Crippen molar-refractivity contribution < 1.29 is 4.79 Å². The summed E-state index contributed by atoms with van der Waals surface area (Å²) in [7, 11) is 0. The standard InChI is InChI=1S/C13H26N2O/c1-4-5-10-6-8-11(9-7-10)15-13(2,3)12(14)16/h10-11,15H,4-9H2,1-3H3,(H2,14,16). The molecule has 1 saturated carbocycles. The monoisotopic (exact) mass is 226 g/mol. The van der Waals surface area contributed by atoms with Crippen molar-refractivity contribution in [2.75, 3.05) is 0 Å². The highest BCUT2D eigenvalue weighted by Crippen LogP contribution is 2.28. The number of carbonyl (C=O) groups excluding carboxylic acids is 1. The van der Waals surface area contributed by atoms with Crippen molar-refractivity contribution in [3.05, 3.63) is 0 Å². The second kappa shape index (κ2) is 5.67. The zero-order valence-corrected chi connectivity index (χ0v) is 10.9. The van der Waals surface area contributed by atoms with Crippen molar-refractivity contribution in [3.8, 4) is 0 Å². The molecule has 0 saturated heterocycles. The van der Waals surface area contributed by atoms with E-state index in [1.54, 1.807) is 0 Å². The van der Waals surface area contributed by atoms with E-state index in [4.69, 9.17) is 5.73 Å². The van der Waals surface area contributed by atoms with E-state index in [2.05, 4.69) is 12.2 Å². The first-order valence-corrected chi connectivity index (χ1v) is 6.53. The van der Waals surface area contributed by atoms with Crippen molar-refractivity contribution in [1.29, 1.82) is 0 Å². The summed E-state index contributed by atoms with van der Waals surface area (Å²) in [6.45, 7) is 5.99. The van der Waals surface area contributed by atoms with E-state index >= 15 is 0 Å². The maximum Gasteiger partial charge on any atom is 0.237 e. The van der Waals surface area contributed by atoms with E-state index in [-0.39, 0.29) is 5.91 Å². The lowest BCUT2D eigenvalue weighted by Gasteiger charge is -2.34. The molecular formula is C13H26N2O. The van der Waals surface area contributed by atoms with Gasteiger partial charge >= 0.3 is 0 Å². The van der Waals surface area contributed by atoms with Gasteiger partial charge < -0.3 is 11.1 Å². The number of primary amides is 1. The molecule has 3 heteroatoms. The Balaban J connectivity index is 2.34. The Hall–Kier alpha value is -0.570. The second-order valence-electron chi connectivity index (χ2n) is 5.64. The molecule has 0 bridgehead atoms. The lowest BCUT2D eigenvalue weighted by molar-refractivity contribution is -0.123. The van der Waals surface area contributed by atoms with Crippen LogP contribution in [-0.2, 0) is 4.79 Å². The third kappa shape index (κ3) is 3.78. The Bertz CT molecular complexity index is 230. The minimum atomic E-state index is -0.567. The zero-order valence-electron chi connectivity index (χ0n) is 10.9. The van der Waals surface area contributed by atoms with Crippen molar-refractivity contribution in [3.63, 3.8) is 0 Å². The Morgan fingerprint density at radius 1 is 1.31 bits per heavy atom. The lowest BCUT2D eigenvalue weighted by atomic mass is 9.82. The van der Waals surface area contributed by atoms with Crippen LogP contribution in [0.15, 0.2) is 0 Å². The van der Waals surface area contributed by atoms with Crippen LogP contribution in [-0.4, -0.2) is 17.5 Å². The predicted molar refractivity (Wildman–Crippen MR) is 67.1 cm³/mol. The third-order valence-corrected chi connectivity index (χ3v) is 3.72. The van der Waals surface area contributed by atoms with Gasteiger partial charge in [0.15, 0.2) is 0 Å². The molecule has 0 aromatic carbocycles.